The van der Waals surface area contributed by atoms with Crippen molar-refractivity contribution in [2.75, 3.05) is 5.32 Å². The molecule has 0 saturated heterocycles. The first-order valence-electron chi connectivity index (χ1n) is 5.23. The Hall–Kier alpha value is -1.82. The molecule has 1 amide bonds. The summed E-state index contributed by atoms with van der Waals surface area (Å²) in [6, 6.07) is 3.82. The molecule has 0 spiro atoms. The van der Waals surface area contributed by atoms with Crippen molar-refractivity contribution in [3.63, 3.8) is 0 Å². The van der Waals surface area contributed by atoms with Crippen molar-refractivity contribution in [2.45, 2.75) is 19.8 Å². The lowest BCUT2D eigenvalue weighted by Crippen LogP contribution is -2.12. The SMILES string of the molecule is Cc1nnc(NC(=O)CCc2cccnc2)s1. The molecule has 0 aliphatic rings. The molecule has 17 heavy (non-hydrogen) atoms. The number of carbonyl (C=O) groups excluding carboxylic acids is 1. The summed E-state index contributed by atoms with van der Waals surface area (Å²) in [5.74, 6) is -0.0509. The van der Waals surface area contributed by atoms with Gasteiger partial charge in [-0.05, 0) is 25.0 Å². The number of anilines is 1. The number of rotatable bonds is 4. The highest BCUT2D eigenvalue weighted by molar-refractivity contribution is 7.15. The molecule has 5 nitrogen and oxygen atoms in total. The van der Waals surface area contributed by atoms with Crippen LogP contribution in [0.25, 0.3) is 0 Å². The van der Waals surface area contributed by atoms with Crippen LogP contribution >= 0.6 is 11.3 Å². The third kappa shape index (κ3) is 3.60. The van der Waals surface area contributed by atoms with Gasteiger partial charge in [-0.15, -0.1) is 10.2 Å². The Bertz CT molecular complexity index is 497. The van der Waals surface area contributed by atoms with E-state index in [0.717, 1.165) is 10.6 Å². The van der Waals surface area contributed by atoms with Gasteiger partial charge in [0, 0.05) is 18.8 Å². The second-order valence-corrected chi connectivity index (χ2v) is 4.72. The number of hydrogen-bond acceptors (Lipinski definition) is 5. The largest absolute Gasteiger partial charge is 0.301 e. The van der Waals surface area contributed by atoms with Crippen molar-refractivity contribution >= 4 is 22.4 Å². The molecule has 2 aromatic heterocycles. The maximum atomic E-state index is 11.6. The Morgan fingerprint density at radius 2 is 2.35 bits per heavy atom. The molecule has 0 aliphatic carbocycles. The maximum Gasteiger partial charge on any atom is 0.226 e. The van der Waals surface area contributed by atoms with E-state index in [0.29, 0.717) is 18.0 Å². The van der Waals surface area contributed by atoms with Gasteiger partial charge in [0.1, 0.15) is 5.01 Å². The molecule has 2 aromatic rings. The first-order valence-corrected chi connectivity index (χ1v) is 6.04. The summed E-state index contributed by atoms with van der Waals surface area (Å²) in [5.41, 5.74) is 1.05. The molecular weight excluding hydrogens is 236 g/mol. The van der Waals surface area contributed by atoms with Crippen LogP contribution in [0.5, 0.6) is 0 Å². The van der Waals surface area contributed by atoms with Crippen molar-refractivity contribution in [3.8, 4) is 0 Å². The van der Waals surface area contributed by atoms with Crippen LogP contribution in [0.2, 0.25) is 0 Å². The summed E-state index contributed by atoms with van der Waals surface area (Å²) in [7, 11) is 0. The highest BCUT2D eigenvalue weighted by Crippen LogP contribution is 2.14. The van der Waals surface area contributed by atoms with E-state index in [1.807, 2.05) is 19.1 Å². The minimum absolute atomic E-state index is 0.0509. The summed E-state index contributed by atoms with van der Waals surface area (Å²) < 4.78 is 0. The third-order valence-electron chi connectivity index (χ3n) is 2.14. The van der Waals surface area contributed by atoms with E-state index in [2.05, 4.69) is 20.5 Å². The lowest BCUT2D eigenvalue weighted by molar-refractivity contribution is -0.116. The fourth-order valence-electron chi connectivity index (χ4n) is 1.33. The van der Waals surface area contributed by atoms with Gasteiger partial charge in [0.15, 0.2) is 0 Å². The molecule has 0 atom stereocenters. The molecule has 0 bridgehead atoms. The molecule has 0 radical (unpaired) electrons. The van der Waals surface area contributed by atoms with Crippen LogP contribution in [0.3, 0.4) is 0 Å². The number of nitrogens with one attached hydrogen (secondary N) is 1. The van der Waals surface area contributed by atoms with Crippen LogP contribution in [0.1, 0.15) is 17.0 Å². The van der Waals surface area contributed by atoms with Gasteiger partial charge in [-0.2, -0.15) is 0 Å². The Kier molecular flexibility index (Phi) is 3.77. The predicted octanol–water partition coefficient (Wildman–Crippen LogP) is 1.81. The van der Waals surface area contributed by atoms with E-state index in [1.54, 1.807) is 12.4 Å². The fourth-order valence-corrected chi connectivity index (χ4v) is 1.94. The van der Waals surface area contributed by atoms with Gasteiger partial charge in [0.05, 0.1) is 0 Å². The Balaban J connectivity index is 1.82. The summed E-state index contributed by atoms with van der Waals surface area (Å²) in [6.45, 7) is 1.85. The molecule has 6 heteroatoms. The zero-order valence-electron chi connectivity index (χ0n) is 9.38. The molecular formula is C11H12N4OS. The van der Waals surface area contributed by atoms with Gasteiger partial charge in [-0.3, -0.25) is 9.78 Å². The van der Waals surface area contributed by atoms with Gasteiger partial charge in [0.2, 0.25) is 11.0 Å². The smallest absolute Gasteiger partial charge is 0.226 e. The standard InChI is InChI=1S/C11H12N4OS/c1-8-14-15-11(17-8)13-10(16)5-4-9-3-2-6-12-7-9/h2-3,6-7H,4-5H2,1H3,(H,13,15,16). The van der Waals surface area contributed by atoms with Crippen LogP contribution in [0.4, 0.5) is 5.13 Å². The topological polar surface area (TPSA) is 67.8 Å². The molecule has 0 saturated carbocycles. The van der Waals surface area contributed by atoms with E-state index in [4.69, 9.17) is 0 Å². The minimum atomic E-state index is -0.0509. The number of aromatic nitrogens is 3. The molecule has 0 unspecified atom stereocenters. The van der Waals surface area contributed by atoms with Crippen molar-refractivity contribution in [1.29, 1.82) is 0 Å². The second-order valence-electron chi connectivity index (χ2n) is 3.54. The first-order chi connectivity index (χ1) is 8.24. The Morgan fingerprint density at radius 3 is 3.00 bits per heavy atom. The second kappa shape index (κ2) is 5.49. The Morgan fingerprint density at radius 1 is 1.47 bits per heavy atom. The summed E-state index contributed by atoms with van der Waals surface area (Å²) in [6.07, 6.45) is 4.58. The number of hydrogen-bond donors (Lipinski definition) is 1. The highest BCUT2D eigenvalue weighted by atomic mass is 32.1. The molecule has 1 N–H and O–H groups in total. The van der Waals surface area contributed by atoms with E-state index in [-0.39, 0.29) is 5.91 Å². The summed E-state index contributed by atoms with van der Waals surface area (Å²) in [4.78, 5) is 15.6. The normalized spacial score (nSPS) is 10.2. The van der Waals surface area contributed by atoms with Crippen LogP contribution in [0, 0.1) is 6.92 Å². The van der Waals surface area contributed by atoms with Crippen molar-refractivity contribution < 1.29 is 4.79 Å². The minimum Gasteiger partial charge on any atom is -0.301 e. The van der Waals surface area contributed by atoms with Crippen molar-refractivity contribution in [3.05, 3.63) is 35.1 Å². The third-order valence-corrected chi connectivity index (χ3v) is 2.89. The van der Waals surface area contributed by atoms with Gasteiger partial charge >= 0.3 is 0 Å². The average molecular weight is 248 g/mol. The lowest BCUT2D eigenvalue weighted by Gasteiger charge is -2.00. The van der Waals surface area contributed by atoms with Gasteiger partial charge in [-0.25, -0.2) is 0 Å². The number of pyridine rings is 1. The molecule has 2 rings (SSSR count). The molecule has 88 valence electrons. The molecule has 2 heterocycles. The quantitative estimate of drug-likeness (QED) is 0.896. The summed E-state index contributed by atoms with van der Waals surface area (Å²) >= 11 is 1.37. The summed E-state index contributed by atoms with van der Waals surface area (Å²) in [5, 5.41) is 11.8. The number of carbonyl (C=O) groups is 1. The van der Waals surface area contributed by atoms with Crippen LogP contribution in [0.15, 0.2) is 24.5 Å². The predicted molar refractivity (Wildman–Crippen MR) is 65.8 cm³/mol. The molecule has 0 fully saturated rings. The van der Waals surface area contributed by atoms with E-state index < -0.39 is 0 Å². The van der Waals surface area contributed by atoms with Crippen molar-refractivity contribution in [2.24, 2.45) is 0 Å². The zero-order valence-corrected chi connectivity index (χ0v) is 10.2. The number of nitrogens with zero attached hydrogens (tertiary/aromatic N) is 3. The molecule has 0 aliphatic heterocycles. The van der Waals surface area contributed by atoms with Gasteiger partial charge in [-0.1, -0.05) is 17.4 Å². The van der Waals surface area contributed by atoms with Gasteiger partial charge < -0.3 is 5.32 Å². The average Bonchev–Trinajstić information content (AvgIpc) is 2.73. The van der Waals surface area contributed by atoms with E-state index in [1.165, 1.54) is 11.3 Å². The number of amides is 1. The van der Waals surface area contributed by atoms with Crippen LogP contribution < -0.4 is 5.32 Å². The van der Waals surface area contributed by atoms with Crippen molar-refractivity contribution in [1.82, 2.24) is 15.2 Å². The Labute approximate surface area is 103 Å². The van der Waals surface area contributed by atoms with E-state index >= 15 is 0 Å². The monoisotopic (exact) mass is 248 g/mol. The molecule has 0 aromatic carbocycles. The van der Waals surface area contributed by atoms with Crippen LogP contribution in [-0.4, -0.2) is 21.1 Å². The van der Waals surface area contributed by atoms with Gasteiger partial charge in [0.25, 0.3) is 0 Å². The van der Waals surface area contributed by atoms with Crippen LogP contribution in [-0.2, 0) is 11.2 Å². The fraction of sp³-hybridized carbons (Fsp3) is 0.273. The lowest BCUT2D eigenvalue weighted by atomic mass is 10.1. The number of aryl methyl sites for hydroxylation is 2. The first kappa shape index (κ1) is 11.7. The zero-order chi connectivity index (χ0) is 12.1. The highest BCUT2D eigenvalue weighted by Gasteiger charge is 2.06. The maximum absolute atomic E-state index is 11.6. The van der Waals surface area contributed by atoms with E-state index in [9.17, 15) is 4.79 Å².